The Bertz CT molecular complexity index is 1130. The van der Waals surface area contributed by atoms with Crippen LogP contribution in [0.25, 0.3) is 10.9 Å². The normalized spacial score (nSPS) is 15.8. The third-order valence-corrected chi connectivity index (χ3v) is 5.91. The first kappa shape index (κ1) is 22.6. The molecule has 2 heterocycles. The zero-order valence-electron chi connectivity index (χ0n) is 19.1. The molecule has 1 aromatic heterocycles. The number of rotatable bonds is 7. The summed E-state index contributed by atoms with van der Waals surface area (Å²) < 4.78 is 5.88. The van der Waals surface area contributed by atoms with Crippen LogP contribution in [0.4, 0.5) is 17.2 Å². The van der Waals surface area contributed by atoms with Gasteiger partial charge in [0.25, 0.3) is 5.91 Å². The molecule has 0 radical (unpaired) electrons. The number of para-hydroxylation sites is 1. The van der Waals surface area contributed by atoms with E-state index in [-0.39, 0.29) is 18.4 Å². The summed E-state index contributed by atoms with van der Waals surface area (Å²) in [5, 5.41) is 6.49. The third-order valence-electron chi connectivity index (χ3n) is 5.91. The number of pyridine rings is 1. The molecule has 7 nitrogen and oxygen atoms in total. The van der Waals surface area contributed by atoms with Crippen molar-refractivity contribution in [2.24, 2.45) is 0 Å². The lowest BCUT2D eigenvalue weighted by Crippen LogP contribution is -2.39. The summed E-state index contributed by atoms with van der Waals surface area (Å²) in [6.07, 6.45) is 4.74. The van der Waals surface area contributed by atoms with Gasteiger partial charge in [-0.3, -0.25) is 9.59 Å². The maximum Gasteiger partial charge on any atom is 0.262 e. The summed E-state index contributed by atoms with van der Waals surface area (Å²) in [4.78, 5) is 30.9. The van der Waals surface area contributed by atoms with E-state index in [1.807, 2.05) is 18.2 Å². The van der Waals surface area contributed by atoms with Crippen LogP contribution in [0.2, 0.25) is 0 Å². The fourth-order valence-corrected chi connectivity index (χ4v) is 4.29. The fourth-order valence-electron chi connectivity index (χ4n) is 4.29. The number of nitrogens with zero attached hydrogens (tertiary/aromatic N) is 2. The lowest BCUT2D eigenvalue weighted by atomic mass is 10.00. The number of piperidine rings is 1. The highest BCUT2D eigenvalue weighted by Crippen LogP contribution is 2.30. The number of carbonyl (C=O) groups excluding carboxylic acids is 2. The van der Waals surface area contributed by atoms with Crippen molar-refractivity contribution in [2.45, 2.75) is 45.6 Å². The topological polar surface area (TPSA) is 83.6 Å². The zero-order valence-corrected chi connectivity index (χ0v) is 19.1. The number of nitrogens with one attached hydrogen (secondary N) is 2. The Morgan fingerprint density at radius 1 is 1.03 bits per heavy atom. The van der Waals surface area contributed by atoms with Gasteiger partial charge in [0, 0.05) is 36.3 Å². The minimum Gasteiger partial charge on any atom is -0.481 e. The predicted octanol–water partition coefficient (Wildman–Crippen LogP) is 4.98. The van der Waals surface area contributed by atoms with Gasteiger partial charge in [0.05, 0.1) is 0 Å². The van der Waals surface area contributed by atoms with Crippen LogP contribution in [0, 0.1) is 0 Å². The molecule has 33 heavy (non-hydrogen) atoms. The molecular weight excluding hydrogens is 416 g/mol. The van der Waals surface area contributed by atoms with Crippen molar-refractivity contribution < 1.29 is 14.3 Å². The highest BCUT2D eigenvalue weighted by molar-refractivity contribution is 5.93. The summed E-state index contributed by atoms with van der Waals surface area (Å²) in [5.41, 5.74) is 2.07. The minimum atomic E-state index is -0.266. The van der Waals surface area contributed by atoms with E-state index in [2.05, 4.69) is 34.6 Å². The Morgan fingerprint density at radius 3 is 2.52 bits per heavy atom. The van der Waals surface area contributed by atoms with E-state index in [0.29, 0.717) is 23.2 Å². The SMILES string of the molecule is CCC1CCCCN1c1ccc2cccc(OCC(=O)Nc3ccc(NC(C)=O)cc3)c2n1. The fraction of sp³-hybridized carbons (Fsp3) is 0.346. The van der Waals surface area contributed by atoms with Crippen molar-refractivity contribution >= 4 is 39.9 Å². The molecule has 1 aliphatic rings. The molecule has 4 rings (SSSR count). The van der Waals surface area contributed by atoms with Gasteiger partial charge in [-0.25, -0.2) is 4.98 Å². The number of benzene rings is 2. The number of hydrogen-bond acceptors (Lipinski definition) is 5. The summed E-state index contributed by atoms with van der Waals surface area (Å²) in [6, 6.07) is 17.4. The highest BCUT2D eigenvalue weighted by atomic mass is 16.5. The van der Waals surface area contributed by atoms with Crippen molar-refractivity contribution in [3.63, 3.8) is 0 Å². The van der Waals surface area contributed by atoms with Crippen LogP contribution in [-0.2, 0) is 9.59 Å². The van der Waals surface area contributed by atoms with E-state index in [0.717, 1.165) is 29.7 Å². The standard InChI is InChI=1S/C26H30N4O3/c1-3-22-8-4-5-16-30(22)24-15-10-19-7-6-9-23(26(19)29-24)33-17-25(32)28-21-13-11-20(12-14-21)27-18(2)31/h6-7,9-15,22H,3-5,8,16-17H2,1-2H3,(H,27,31)(H,28,32). The molecule has 1 fully saturated rings. The van der Waals surface area contributed by atoms with Gasteiger partial charge in [-0.05, 0) is 68.1 Å². The van der Waals surface area contributed by atoms with Gasteiger partial charge < -0.3 is 20.3 Å². The second-order valence-electron chi connectivity index (χ2n) is 8.34. The van der Waals surface area contributed by atoms with Gasteiger partial charge >= 0.3 is 0 Å². The van der Waals surface area contributed by atoms with Gasteiger partial charge in [0.1, 0.15) is 17.1 Å². The molecule has 1 unspecified atom stereocenters. The third kappa shape index (κ3) is 5.61. The molecule has 7 heteroatoms. The van der Waals surface area contributed by atoms with Crippen molar-refractivity contribution in [1.29, 1.82) is 0 Å². The molecule has 172 valence electrons. The molecule has 1 atom stereocenters. The lowest BCUT2D eigenvalue weighted by molar-refractivity contribution is -0.118. The van der Waals surface area contributed by atoms with Gasteiger partial charge in [-0.15, -0.1) is 0 Å². The summed E-state index contributed by atoms with van der Waals surface area (Å²) in [5.74, 6) is 1.15. The first-order valence-electron chi connectivity index (χ1n) is 11.5. The van der Waals surface area contributed by atoms with Crippen LogP contribution < -0.4 is 20.3 Å². The van der Waals surface area contributed by atoms with Gasteiger partial charge in [-0.2, -0.15) is 0 Å². The Morgan fingerprint density at radius 2 is 1.79 bits per heavy atom. The molecular formula is C26H30N4O3. The van der Waals surface area contributed by atoms with E-state index in [9.17, 15) is 9.59 Å². The number of amides is 2. The smallest absolute Gasteiger partial charge is 0.262 e. The Labute approximate surface area is 194 Å². The number of hydrogen-bond donors (Lipinski definition) is 2. The Hall–Kier alpha value is -3.61. The predicted molar refractivity (Wildman–Crippen MR) is 132 cm³/mol. The van der Waals surface area contributed by atoms with Crippen LogP contribution in [0.15, 0.2) is 54.6 Å². The number of aromatic nitrogens is 1. The summed E-state index contributed by atoms with van der Waals surface area (Å²) in [6.45, 7) is 4.57. The quantitative estimate of drug-likeness (QED) is 0.535. The van der Waals surface area contributed by atoms with Gasteiger partial charge in [0.15, 0.2) is 6.61 Å². The van der Waals surface area contributed by atoms with E-state index < -0.39 is 0 Å². The van der Waals surface area contributed by atoms with Crippen LogP contribution in [0.1, 0.15) is 39.5 Å². The zero-order chi connectivity index (χ0) is 23.2. The van der Waals surface area contributed by atoms with E-state index in [1.165, 1.54) is 26.2 Å². The van der Waals surface area contributed by atoms with Crippen molar-refractivity contribution in [3.05, 3.63) is 54.6 Å². The minimum absolute atomic E-state index is 0.125. The van der Waals surface area contributed by atoms with Crippen LogP contribution in [0.3, 0.4) is 0 Å². The average molecular weight is 447 g/mol. The molecule has 1 aliphatic heterocycles. The maximum atomic E-state index is 12.4. The largest absolute Gasteiger partial charge is 0.481 e. The summed E-state index contributed by atoms with van der Waals surface area (Å²) >= 11 is 0. The van der Waals surface area contributed by atoms with Crippen molar-refractivity contribution in [1.82, 2.24) is 4.98 Å². The van der Waals surface area contributed by atoms with Gasteiger partial charge in [-0.1, -0.05) is 19.1 Å². The van der Waals surface area contributed by atoms with Crippen LogP contribution in [0.5, 0.6) is 5.75 Å². The Kier molecular flexibility index (Phi) is 7.07. The van der Waals surface area contributed by atoms with E-state index >= 15 is 0 Å². The molecule has 0 aliphatic carbocycles. The van der Waals surface area contributed by atoms with E-state index in [4.69, 9.17) is 9.72 Å². The second-order valence-corrected chi connectivity index (χ2v) is 8.34. The molecule has 2 N–H and O–H groups in total. The highest BCUT2D eigenvalue weighted by Gasteiger charge is 2.22. The Balaban J connectivity index is 1.44. The van der Waals surface area contributed by atoms with Crippen LogP contribution >= 0.6 is 0 Å². The number of ether oxygens (including phenoxy) is 1. The lowest BCUT2D eigenvalue weighted by Gasteiger charge is -2.36. The first-order valence-corrected chi connectivity index (χ1v) is 11.5. The second kappa shape index (κ2) is 10.3. The number of carbonyl (C=O) groups is 2. The molecule has 2 aromatic carbocycles. The summed E-state index contributed by atoms with van der Waals surface area (Å²) in [7, 11) is 0. The molecule has 0 saturated carbocycles. The molecule has 1 saturated heterocycles. The molecule has 2 amide bonds. The molecule has 3 aromatic rings. The monoisotopic (exact) mass is 446 g/mol. The van der Waals surface area contributed by atoms with Crippen LogP contribution in [-0.4, -0.2) is 36.0 Å². The number of anilines is 3. The maximum absolute atomic E-state index is 12.4. The van der Waals surface area contributed by atoms with Gasteiger partial charge in [0.2, 0.25) is 5.91 Å². The molecule has 0 bridgehead atoms. The van der Waals surface area contributed by atoms with Crippen molar-refractivity contribution in [2.75, 3.05) is 28.7 Å². The van der Waals surface area contributed by atoms with E-state index in [1.54, 1.807) is 24.3 Å². The molecule has 0 spiro atoms. The average Bonchev–Trinajstić information content (AvgIpc) is 2.83. The number of fused-ring (bicyclic) bond motifs is 1. The van der Waals surface area contributed by atoms with Crippen molar-refractivity contribution in [3.8, 4) is 5.75 Å². The first-order chi connectivity index (χ1) is 16.0.